The van der Waals surface area contributed by atoms with E-state index in [1.165, 1.54) is 6.92 Å². The zero-order valence-electron chi connectivity index (χ0n) is 21.2. The molecule has 2 aromatic carbocycles. The molecule has 0 saturated carbocycles. The molecule has 0 fully saturated rings. The number of halogens is 3. The first-order chi connectivity index (χ1) is 18.3. The number of hydrogen-bond acceptors (Lipinski definition) is 8. The number of alkyl carbamates (subject to hydrolysis) is 1. The standard InChI is InChI=1S/C25H29F3NO9P/c1-3-36-22(30)15-37-21-10-9-18(13-19(21)25(26,27)28)16-39(33,34)12-11-20(23(31)35-2)29-24(32)38-14-17-7-5-4-6-8-17/h4-10,13,20H,3,11-12,14-16H2,1-2H3,(H,29,32)(H,33,34). The van der Waals surface area contributed by atoms with E-state index in [2.05, 4.69) is 14.8 Å². The minimum absolute atomic E-state index is 0.0280. The lowest BCUT2D eigenvalue weighted by atomic mass is 10.1. The van der Waals surface area contributed by atoms with Gasteiger partial charge in [0.2, 0.25) is 7.37 Å². The van der Waals surface area contributed by atoms with E-state index in [0.717, 1.165) is 19.2 Å². The second-order valence-corrected chi connectivity index (χ2v) is 10.7. The van der Waals surface area contributed by atoms with Gasteiger partial charge in [-0.3, -0.25) is 4.57 Å². The Kier molecular flexibility index (Phi) is 11.8. The number of esters is 2. The molecule has 0 bridgehead atoms. The molecule has 2 N–H and O–H groups in total. The van der Waals surface area contributed by atoms with E-state index in [-0.39, 0.29) is 25.2 Å². The van der Waals surface area contributed by atoms with Crippen molar-refractivity contribution in [3.05, 3.63) is 65.2 Å². The molecule has 0 aliphatic heterocycles. The van der Waals surface area contributed by atoms with Crippen LogP contribution in [0.1, 0.15) is 30.0 Å². The van der Waals surface area contributed by atoms with Gasteiger partial charge in [-0.1, -0.05) is 36.4 Å². The summed E-state index contributed by atoms with van der Waals surface area (Å²) < 4.78 is 72.8. The molecule has 1 amide bonds. The molecular weight excluding hydrogens is 546 g/mol. The van der Waals surface area contributed by atoms with Gasteiger partial charge < -0.3 is 29.2 Å². The van der Waals surface area contributed by atoms with Crippen LogP contribution in [0.3, 0.4) is 0 Å². The maximum absolute atomic E-state index is 13.6. The Hall–Kier alpha value is -3.57. The monoisotopic (exact) mass is 575 g/mol. The van der Waals surface area contributed by atoms with E-state index in [0.29, 0.717) is 11.6 Å². The normalized spacial score (nSPS) is 13.5. The zero-order chi connectivity index (χ0) is 29.1. The minimum Gasteiger partial charge on any atom is -0.481 e. The van der Waals surface area contributed by atoms with E-state index in [1.807, 2.05) is 0 Å². The number of alkyl halides is 3. The number of amides is 1. The van der Waals surface area contributed by atoms with Crippen LogP contribution in [0.4, 0.5) is 18.0 Å². The Labute approximate surface area is 222 Å². The molecule has 2 unspecified atom stereocenters. The van der Waals surface area contributed by atoms with E-state index in [1.54, 1.807) is 30.3 Å². The Balaban J connectivity index is 2.05. The topological polar surface area (TPSA) is 137 Å². The summed E-state index contributed by atoms with van der Waals surface area (Å²) in [5.74, 6) is -2.39. The number of nitrogens with one attached hydrogen (secondary N) is 1. The van der Waals surface area contributed by atoms with E-state index >= 15 is 0 Å². The highest BCUT2D eigenvalue weighted by atomic mass is 31.2. The van der Waals surface area contributed by atoms with Crippen LogP contribution in [-0.2, 0) is 47.3 Å². The van der Waals surface area contributed by atoms with Gasteiger partial charge in [-0.2, -0.15) is 13.2 Å². The summed E-state index contributed by atoms with van der Waals surface area (Å²) in [6, 6.07) is 10.1. The van der Waals surface area contributed by atoms with Gasteiger partial charge in [-0.25, -0.2) is 14.4 Å². The Bertz CT molecular complexity index is 1180. The largest absolute Gasteiger partial charge is 0.481 e. The molecule has 0 heterocycles. The summed E-state index contributed by atoms with van der Waals surface area (Å²) in [7, 11) is -3.07. The van der Waals surface area contributed by atoms with E-state index < -0.39 is 67.9 Å². The van der Waals surface area contributed by atoms with Crippen LogP contribution >= 0.6 is 7.37 Å². The number of carbonyl (C=O) groups is 3. The molecule has 2 rings (SSSR count). The fourth-order valence-corrected chi connectivity index (χ4v) is 4.94. The maximum atomic E-state index is 13.6. The van der Waals surface area contributed by atoms with Gasteiger partial charge in [0, 0.05) is 12.3 Å². The zero-order valence-corrected chi connectivity index (χ0v) is 22.1. The van der Waals surface area contributed by atoms with Crippen molar-refractivity contribution in [2.45, 2.75) is 38.3 Å². The summed E-state index contributed by atoms with van der Waals surface area (Å²) >= 11 is 0. The first-order valence-electron chi connectivity index (χ1n) is 11.7. The second-order valence-electron chi connectivity index (χ2n) is 8.22. The highest BCUT2D eigenvalue weighted by Gasteiger charge is 2.36. The average molecular weight is 575 g/mol. The summed E-state index contributed by atoms with van der Waals surface area (Å²) in [6.07, 6.45) is -7.35. The van der Waals surface area contributed by atoms with E-state index in [4.69, 9.17) is 9.47 Å². The molecule has 0 saturated heterocycles. The van der Waals surface area contributed by atoms with Crippen LogP contribution in [0.15, 0.2) is 48.5 Å². The number of carbonyl (C=O) groups excluding carboxylic acids is 3. The lowest BCUT2D eigenvalue weighted by Gasteiger charge is -2.19. The maximum Gasteiger partial charge on any atom is 0.419 e. The van der Waals surface area contributed by atoms with Crippen LogP contribution < -0.4 is 10.1 Å². The fraction of sp³-hybridized carbons (Fsp3) is 0.400. The van der Waals surface area contributed by atoms with Crippen molar-refractivity contribution in [2.24, 2.45) is 0 Å². The van der Waals surface area contributed by atoms with Crippen molar-refractivity contribution in [3.8, 4) is 5.75 Å². The fourth-order valence-electron chi connectivity index (χ4n) is 3.36. The van der Waals surface area contributed by atoms with Crippen LogP contribution in [0.25, 0.3) is 0 Å². The third-order valence-corrected chi connectivity index (χ3v) is 7.00. The van der Waals surface area contributed by atoms with Gasteiger partial charge in [-0.15, -0.1) is 0 Å². The number of hydrogen-bond donors (Lipinski definition) is 2. The SMILES string of the molecule is CCOC(=O)COc1ccc(CP(=O)(O)CCC(NC(=O)OCc2ccccc2)C(=O)OC)cc1C(F)(F)F. The average Bonchev–Trinajstić information content (AvgIpc) is 2.88. The molecule has 0 spiro atoms. The number of ether oxygens (including phenoxy) is 4. The van der Waals surface area contributed by atoms with Crippen molar-refractivity contribution in [1.82, 2.24) is 5.32 Å². The first kappa shape index (κ1) is 31.6. The molecule has 10 nitrogen and oxygen atoms in total. The third kappa shape index (κ3) is 11.0. The summed E-state index contributed by atoms with van der Waals surface area (Å²) in [5, 5.41) is 2.27. The van der Waals surface area contributed by atoms with Gasteiger partial charge in [-0.05, 0) is 36.6 Å². The minimum atomic E-state index is -4.88. The summed E-state index contributed by atoms with van der Waals surface area (Å²) in [5.41, 5.74) is -0.668. The van der Waals surface area contributed by atoms with Crippen LogP contribution in [0, 0.1) is 0 Å². The molecule has 14 heteroatoms. The van der Waals surface area contributed by atoms with E-state index in [9.17, 15) is 37.0 Å². The Morgan fingerprint density at radius 2 is 1.74 bits per heavy atom. The van der Waals surface area contributed by atoms with Crippen molar-refractivity contribution < 1.29 is 56.0 Å². The third-order valence-electron chi connectivity index (χ3n) is 5.19. The lowest BCUT2D eigenvalue weighted by Crippen LogP contribution is -2.42. The predicted molar refractivity (Wildman–Crippen MR) is 132 cm³/mol. The molecule has 39 heavy (non-hydrogen) atoms. The van der Waals surface area contributed by atoms with Crippen molar-refractivity contribution in [2.75, 3.05) is 26.5 Å². The van der Waals surface area contributed by atoms with Crippen LogP contribution in [-0.4, -0.2) is 55.5 Å². The van der Waals surface area contributed by atoms with Crippen molar-refractivity contribution in [3.63, 3.8) is 0 Å². The molecule has 2 aromatic rings. The molecular formula is C25H29F3NO9P. The van der Waals surface area contributed by atoms with Gasteiger partial charge in [0.25, 0.3) is 0 Å². The second kappa shape index (κ2) is 14.5. The highest BCUT2D eigenvalue weighted by Crippen LogP contribution is 2.47. The smallest absolute Gasteiger partial charge is 0.419 e. The van der Waals surface area contributed by atoms with Crippen LogP contribution in [0.5, 0.6) is 5.75 Å². The van der Waals surface area contributed by atoms with Gasteiger partial charge in [0.15, 0.2) is 6.61 Å². The van der Waals surface area contributed by atoms with Gasteiger partial charge in [0.1, 0.15) is 18.4 Å². The quantitative estimate of drug-likeness (QED) is 0.204. The molecule has 0 aliphatic rings. The van der Waals surface area contributed by atoms with Gasteiger partial charge >= 0.3 is 24.2 Å². The number of methoxy groups -OCH3 is 1. The molecule has 214 valence electrons. The lowest BCUT2D eigenvalue weighted by molar-refractivity contribution is -0.147. The summed E-state index contributed by atoms with van der Waals surface area (Å²) in [4.78, 5) is 46.1. The van der Waals surface area contributed by atoms with Crippen molar-refractivity contribution >= 4 is 25.4 Å². The molecule has 0 aromatic heterocycles. The van der Waals surface area contributed by atoms with Crippen LogP contribution in [0.2, 0.25) is 0 Å². The highest BCUT2D eigenvalue weighted by molar-refractivity contribution is 7.57. The van der Waals surface area contributed by atoms with Gasteiger partial charge in [0.05, 0.1) is 19.3 Å². The first-order valence-corrected chi connectivity index (χ1v) is 13.7. The Morgan fingerprint density at radius 3 is 2.36 bits per heavy atom. The summed E-state index contributed by atoms with van der Waals surface area (Å²) in [6.45, 7) is 0.729. The number of benzene rings is 2. The Morgan fingerprint density at radius 1 is 1.05 bits per heavy atom. The molecule has 0 radical (unpaired) electrons. The predicted octanol–water partition coefficient (Wildman–Crippen LogP) is 4.28. The van der Waals surface area contributed by atoms with Crippen molar-refractivity contribution in [1.29, 1.82) is 0 Å². The molecule has 2 atom stereocenters. The number of rotatable bonds is 13. The molecule has 0 aliphatic carbocycles.